The molecule has 0 fully saturated rings. The fourth-order valence-electron chi connectivity index (χ4n) is 1.82. The molecule has 0 heterocycles. The van der Waals surface area contributed by atoms with Crippen LogP contribution in [0.15, 0.2) is 46.9 Å². The van der Waals surface area contributed by atoms with Crippen LogP contribution in [0.1, 0.15) is 26.3 Å². The van der Waals surface area contributed by atoms with E-state index in [1.807, 2.05) is 13.0 Å². The van der Waals surface area contributed by atoms with Crippen LogP contribution in [0.4, 0.5) is 5.69 Å². The number of carbonyl (C=O) groups is 2. The largest absolute Gasteiger partial charge is 0.478 e. The monoisotopic (exact) mass is 333 g/mol. The van der Waals surface area contributed by atoms with Crippen molar-refractivity contribution >= 4 is 33.5 Å². The summed E-state index contributed by atoms with van der Waals surface area (Å²) in [6, 6.07) is 11.6. The van der Waals surface area contributed by atoms with Crippen LogP contribution in [0.5, 0.6) is 0 Å². The van der Waals surface area contributed by atoms with Crippen molar-refractivity contribution in [1.82, 2.24) is 0 Å². The van der Waals surface area contributed by atoms with Gasteiger partial charge in [-0.3, -0.25) is 4.79 Å². The van der Waals surface area contributed by atoms with E-state index in [-0.39, 0.29) is 17.2 Å². The first-order chi connectivity index (χ1) is 9.50. The summed E-state index contributed by atoms with van der Waals surface area (Å²) in [6.45, 7) is 1.82. The lowest BCUT2D eigenvalue weighted by Gasteiger charge is -2.10. The minimum absolute atomic E-state index is 0.0634. The third-order valence-corrected chi connectivity index (χ3v) is 3.78. The average molecular weight is 334 g/mol. The summed E-state index contributed by atoms with van der Waals surface area (Å²) in [5.74, 6) is -1.41. The lowest BCUT2D eigenvalue weighted by atomic mass is 10.1. The Morgan fingerprint density at radius 1 is 1.05 bits per heavy atom. The number of rotatable bonds is 3. The molecule has 0 aliphatic carbocycles. The maximum absolute atomic E-state index is 12.2. The zero-order chi connectivity index (χ0) is 14.7. The second-order valence-electron chi connectivity index (χ2n) is 4.22. The van der Waals surface area contributed by atoms with Gasteiger partial charge in [0.15, 0.2) is 0 Å². The van der Waals surface area contributed by atoms with Crippen molar-refractivity contribution in [3.8, 4) is 0 Å². The Hall–Kier alpha value is -2.14. The minimum Gasteiger partial charge on any atom is -0.478 e. The number of carboxylic acids is 1. The smallest absolute Gasteiger partial charge is 0.337 e. The van der Waals surface area contributed by atoms with Crippen LogP contribution in [0, 0.1) is 6.92 Å². The fraction of sp³-hybridized carbons (Fsp3) is 0.0667. The summed E-state index contributed by atoms with van der Waals surface area (Å²) in [5, 5.41) is 11.7. The Balaban J connectivity index is 2.33. The van der Waals surface area contributed by atoms with E-state index in [0.717, 1.165) is 10.0 Å². The molecular formula is C15H12BrNO3. The van der Waals surface area contributed by atoms with E-state index in [1.54, 1.807) is 30.3 Å². The molecule has 2 rings (SSSR count). The first-order valence-electron chi connectivity index (χ1n) is 5.89. The predicted molar refractivity (Wildman–Crippen MR) is 80.2 cm³/mol. The van der Waals surface area contributed by atoms with E-state index >= 15 is 0 Å². The summed E-state index contributed by atoms with van der Waals surface area (Å²) in [5.41, 5.74) is 1.65. The lowest BCUT2D eigenvalue weighted by Crippen LogP contribution is -2.16. The molecule has 20 heavy (non-hydrogen) atoms. The number of anilines is 1. The third kappa shape index (κ3) is 2.88. The van der Waals surface area contributed by atoms with E-state index < -0.39 is 5.97 Å². The molecule has 1 amide bonds. The van der Waals surface area contributed by atoms with Gasteiger partial charge in [0.2, 0.25) is 0 Å². The highest BCUT2D eigenvalue weighted by atomic mass is 79.9. The van der Waals surface area contributed by atoms with Gasteiger partial charge in [-0.05, 0) is 36.8 Å². The van der Waals surface area contributed by atoms with Crippen LogP contribution >= 0.6 is 15.9 Å². The molecule has 0 saturated heterocycles. The van der Waals surface area contributed by atoms with Crippen molar-refractivity contribution < 1.29 is 14.7 Å². The number of para-hydroxylation sites is 1. The van der Waals surface area contributed by atoms with E-state index in [4.69, 9.17) is 5.11 Å². The Kier molecular flexibility index (Phi) is 4.20. The Bertz CT molecular complexity index is 683. The normalized spacial score (nSPS) is 10.1. The number of carbonyl (C=O) groups excluding carboxylic acids is 1. The molecule has 0 aliphatic rings. The van der Waals surface area contributed by atoms with Crippen molar-refractivity contribution in [2.45, 2.75) is 6.92 Å². The number of carboxylic acid groups (broad SMARTS) is 1. The molecule has 4 nitrogen and oxygen atoms in total. The Morgan fingerprint density at radius 2 is 1.70 bits per heavy atom. The standard InChI is InChI=1S/C15H12BrNO3/c1-9-10(6-4-7-12(9)16)14(18)17-13-8-3-2-5-11(13)15(19)20/h2-8H,1H3,(H,17,18)(H,19,20). The number of halogens is 1. The van der Waals surface area contributed by atoms with Crippen molar-refractivity contribution in [2.24, 2.45) is 0 Å². The lowest BCUT2D eigenvalue weighted by molar-refractivity contribution is 0.0698. The van der Waals surface area contributed by atoms with E-state index in [0.29, 0.717) is 5.56 Å². The molecule has 0 unspecified atom stereocenters. The van der Waals surface area contributed by atoms with Crippen LogP contribution in [0.2, 0.25) is 0 Å². The average Bonchev–Trinajstić information content (AvgIpc) is 2.42. The van der Waals surface area contributed by atoms with Crippen molar-refractivity contribution in [3.05, 3.63) is 63.6 Å². The summed E-state index contributed by atoms with van der Waals surface area (Å²) in [4.78, 5) is 23.3. The molecule has 0 aliphatic heterocycles. The number of aromatic carboxylic acids is 1. The maximum Gasteiger partial charge on any atom is 0.337 e. The van der Waals surface area contributed by atoms with Gasteiger partial charge in [0.05, 0.1) is 11.3 Å². The first-order valence-corrected chi connectivity index (χ1v) is 6.69. The van der Waals surface area contributed by atoms with Gasteiger partial charge in [-0.1, -0.05) is 34.1 Å². The third-order valence-electron chi connectivity index (χ3n) is 2.92. The van der Waals surface area contributed by atoms with Gasteiger partial charge < -0.3 is 10.4 Å². The van der Waals surface area contributed by atoms with Crippen LogP contribution in [-0.4, -0.2) is 17.0 Å². The van der Waals surface area contributed by atoms with E-state index in [2.05, 4.69) is 21.2 Å². The fourth-order valence-corrected chi connectivity index (χ4v) is 2.19. The van der Waals surface area contributed by atoms with E-state index in [1.165, 1.54) is 6.07 Å². The number of amides is 1. The van der Waals surface area contributed by atoms with Gasteiger partial charge in [-0.2, -0.15) is 0 Å². The number of nitrogens with one attached hydrogen (secondary N) is 1. The van der Waals surface area contributed by atoms with Crippen molar-refractivity contribution in [1.29, 1.82) is 0 Å². The number of hydrogen-bond donors (Lipinski definition) is 2. The van der Waals surface area contributed by atoms with Crippen LogP contribution in [0.3, 0.4) is 0 Å². The Morgan fingerprint density at radius 3 is 2.40 bits per heavy atom. The summed E-state index contributed by atoms with van der Waals surface area (Å²) in [7, 11) is 0. The molecule has 0 bridgehead atoms. The van der Waals surface area contributed by atoms with Gasteiger partial charge >= 0.3 is 5.97 Å². The van der Waals surface area contributed by atoms with Gasteiger partial charge in [0, 0.05) is 10.0 Å². The highest BCUT2D eigenvalue weighted by molar-refractivity contribution is 9.10. The first kappa shape index (κ1) is 14.3. The van der Waals surface area contributed by atoms with Crippen molar-refractivity contribution in [2.75, 3.05) is 5.32 Å². The quantitative estimate of drug-likeness (QED) is 0.899. The van der Waals surface area contributed by atoms with E-state index in [9.17, 15) is 9.59 Å². The number of hydrogen-bond acceptors (Lipinski definition) is 2. The predicted octanol–water partition coefficient (Wildman–Crippen LogP) is 3.71. The highest BCUT2D eigenvalue weighted by Gasteiger charge is 2.15. The molecule has 5 heteroatoms. The topological polar surface area (TPSA) is 66.4 Å². The van der Waals surface area contributed by atoms with Gasteiger partial charge in [-0.25, -0.2) is 4.79 Å². The molecule has 0 atom stereocenters. The molecular weight excluding hydrogens is 322 g/mol. The van der Waals surface area contributed by atoms with Crippen LogP contribution in [0.25, 0.3) is 0 Å². The molecule has 2 aromatic rings. The van der Waals surface area contributed by atoms with Gasteiger partial charge in [0.25, 0.3) is 5.91 Å². The van der Waals surface area contributed by atoms with Crippen LogP contribution < -0.4 is 5.32 Å². The molecule has 0 saturated carbocycles. The molecule has 0 aromatic heterocycles. The SMILES string of the molecule is Cc1c(Br)cccc1C(=O)Nc1ccccc1C(=O)O. The summed E-state index contributed by atoms with van der Waals surface area (Å²) in [6.07, 6.45) is 0. The molecule has 102 valence electrons. The zero-order valence-corrected chi connectivity index (χ0v) is 12.3. The van der Waals surface area contributed by atoms with Gasteiger partial charge in [-0.15, -0.1) is 0 Å². The minimum atomic E-state index is -1.08. The van der Waals surface area contributed by atoms with Crippen molar-refractivity contribution in [3.63, 3.8) is 0 Å². The zero-order valence-electron chi connectivity index (χ0n) is 10.7. The second-order valence-corrected chi connectivity index (χ2v) is 5.07. The summed E-state index contributed by atoms with van der Waals surface area (Å²) < 4.78 is 0.830. The number of benzene rings is 2. The Labute approximate surface area is 124 Å². The maximum atomic E-state index is 12.2. The molecule has 2 aromatic carbocycles. The highest BCUT2D eigenvalue weighted by Crippen LogP contribution is 2.21. The van der Waals surface area contributed by atoms with Crippen LogP contribution in [-0.2, 0) is 0 Å². The molecule has 0 spiro atoms. The molecule has 2 N–H and O–H groups in total. The summed E-state index contributed by atoms with van der Waals surface area (Å²) >= 11 is 3.36. The molecule has 0 radical (unpaired) electrons. The second kappa shape index (κ2) is 5.88. The van der Waals surface area contributed by atoms with Gasteiger partial charge in [0.1, 0.15) is 0 Å².